The number of hydrogen-bond acceptors (Lipinski definition) is 5. The molecular weight excluding hydrogens is 202 g/mol. The minimum Gasteiger partial charge on any atom is -0.347 e. The molecule has 0 radical (unpaired) electrons. The highest BCUT2D eigenvalue weighted by atomic mass is 32.2. The van der Waals surface area contributed by atoms with Gasteiger partial charge >= 0.3 is 5.03 Å². The molecule has 0 aliphatic carbocycles. The second-order valence-corrected chi connectivity index (χ2v) is 4.20. The lowest BCUT2D eigenvalue weighted by molar-refractivity contribution is -0.410. The van der Waals surface area contributed by atoms with Crippen LogP contribution in [0.1, 0.15) is 13.8 Å². The van der Waals surface area contributed by atoms with Gasteiger partial charge in [0.25, 0.3) is 0 Å². The summed E-state index contributed by atoms with van der Waals surface area (Å²) in [5, 5.41) is 13.8. The van der Waals surface area contributed by atoms with Crippen molar-refractivity contribution in [2.45, 2.75) is 19.9 Å². The summed E-state index contributed by atoms with van der Waals surface area (Å²) >= 11 is 1.18. The lowest BCUT2D eigenvalue weighted by atomic mass is 10.2. The van der Waals surface area contributed by atoms with Crippen LogP contribution in [0.4, 0.5) is 0 Å². The van der Waals surface area contributed by atoms with Gasteiger partial charge in [-0.15, -0.1) is 0 Å². The van der Waals surface area contributed by atoms with E-state index in [4.69, 9.17) is 0 Å². The van der Waals surface area contributed by atoms with E-state index in [0.717, 1.165) is 16.4 Å². The fraction of sp³-hybridized carbons (Fsp3) is 0.375. The van der Waals surface area contributed by atoms with Gasteiger partial charge in [-0.05, 0) is 25.6 Å². The van der Waals surface area contributed by atoms with E-state index in [1.165, 1.54) is 11.8 Å². The van der Waals surface area contributed by atoms with Crippen molar-refractivity contribution in [1.82, 2.24) is 5.32 Å². The van der Waals surface area contributed by atoms with Gasteiger partial charge < -0.3 is 5.32 Å². The van der Waals surface area contributed by atoms with Crippen LogP contribution in [0.25, 0.3) is 0 Å². The van der Waals surface area contributed by atoms with Crippen molar-refractivity contribution < 1.29 is 4.92 Å². The predicted octanol–water partition coefficient (Wildman–Crippen LogP) is 1.47. The number of allylic oxidation sites excluding steroid dienone is 1. The van der Waals surface area contributed by atoms with Crippen LogP contribution >= 0.6 is 11.8 Å². The zero-order valence-electron chi connectivity index (χ0n) is 7.77. The van der Waals surface area contributed by atoms with Crippen molar-refractivity contribution in [2.75, 3.05) is 0 Å². The van der Waals surface area contributed by atoms with E-state index in [0.29, 0.717) is 0 Å². The minimum absolute atomic E-state index is 0.151. The van der Waals surface area contributed by atoms with Crippen LogP contribution in [0.5, 0.6) is 0 Å². The predicted molar refractivity (Wildman–Crippen MR) is 55.4 cm³/mol. The number of rotatable bonds is 1. The quantitative estimate of drug-likeness (QED) is 0.527. The molecule has 2 heterocycles. The third kappa shape index (κ3) is 1.41. The van der Waals surface area contributed by atoms with Gasteiger partial charge in [0.1, 0.15) is 6.04 Å². The lowest BCUT2D eigenvalue weighted by Crippen LogP contribution is -2.26. The maximum Gasteiger partial charge on any atom is 0.306 e. The standard InChI is InChI=1S/C8H9N3O2S/c1-4-8-6(10-5(2)9-4)3-7(14-8)11(12)13/h3,6H,1-2H3,(H,9,10). The molecule has 0 spiro atoms. The van der Waals surface area contributed by atoms with E-state index in [2.05, 4.69) is 10.3 Å². The number of nitrogens with zero attached hydrogens (tertiary/aromatic N) is 2. The smallest absolute Gasteiger partial charge is 0.306 e. The van der Waals surface area contributed by atoms with Gasteiger partial charge in [-0.3, -0.25) is 15.1 Å². The molecule has 6 heteroatoms. The van der Waals surface area contributed by atoms with Gasteiger partial charge in [0.15, 0.2) is 0 Å². The van der Waals surface area contributed by atoms with Crippen LogP contribution in [0.15, 0.2) is 26.7 Å². The number of fused-ring (bicyclic) bond motifs is 1. The molecule has 0 saturated heterocycles. The van der Waals surface area contributed by atoms with Gasteiger partial charge in [0, 0.05) is 16.7 Å². The largest absolute Gasteiger partial charge is 0.347 e. The lowest BCUT2D eigenvalue weighted by Gasteiger charge is -2.18. The van der Waals surface area contributed by atoms with E-state index in [1.54, 1.807) is 6.08 Å². The number of aliphatic imine (C=N–C) groups is 1. The second-order valence-electron chi connectivity index (χ2n) is 3.14. The van der Waals surface area contributed by atoms with Crippen molar-refractivity contribution >= 4 is 17.6 Å². The number of thioether (sulfide) groups is 1. The maximum absolute atomic E-state index is 10.6. The highest BCUT2D eigenvalue weighted by Gasteiger charge is 2.33. The van der Waals surface area contributed by atoms with Crippen LogP contribution in [0.2, 0.25) is 0 Å². The number of nitrogens with one attached hydrogen (secondary N) is 1. The Morgan fingerprint density at radius 2 is 2.36 bits per heavy atom. The van der Waals surface area contributed by atoms with Gasteiger partial charge in [0.2, 0.25) is 0 Å². The van der Waals surface area contributed by atoms with E-state index in [9.17, 15) is 10.1 Å². The summed E-state index contributed by atoms with van der Waals surface area (Å²) in [4.78, 5) is 15.4. The molecule has 2 rings (SSSR count). The first-order valence-electron chi connectivity index (χ1n) is 4.14. The molecule has 74 valence electrons. The Balaban J connectivity index is 2.35. The highest BCUT2D eigenvalue weighted by Crippen LogP contribution is 2.40. The molecule has 0 amide bonds. The first-order chi connectivity index (χ1) is 6.58. The first kappa shape index (κ1) is 9.26. The molecule has 14 heavy (non-hydrogen) atoms. The van der Waals surface area contributed by atoms with Crippen LogP contribution < -0.4 is 5.32 Å². The molecule has 0 bridgehead atoms. The third-order valence-electron chi connectivity index (χ3n) is 2.03. The Morgan fingerprint density at radius 3 is 3.00 bits per heavy atom. The zero-order valence-corrected chi connectivity index (χ0v) is 8.59. The molecule has 2 aliphatic heterocycles. The monoisotopic (exact) mass is 211 g/mol. The Labute approximate surface area is 85.1 Å². The van der Waals surface area contributed by atoms with Crippen LogP contribution in [0, 0.1) is 10.1 Å². The molecule has 0 aromatic carbocycles. The van der Waals surface area contributed by atoms with Crippen LogP contribution in [-0.4, -0.2) is 16.8 Å². The van der Waals surface area contributed by atoms with Gasteiger partial charge in [-0.25, -0.2) is 0 Å². The van der Waals surface area contributed by atoms with Gasteiger partial charge in [0.05, 0.1) is 10.8 Å². The maximum atomic E-state index is 10.6. The Kier molecular flexibility index (Phi) is 2.07. The van der Waals surface area contributed by atoms with E-state index in [1.807, 2.05) is 13.8 Å². The van der Waals surface area contributed by atoms with Crippen molar-refractivity contribution in [1.29, 1.82) is 0 Å². The molecular formula is C8H9N3O2S. The summed E-state index contributed by atoms with van der Waals surface area (Å²) < 4.78 is 0. The van der Waals surface area contributed by atoms with Gasteiger partial charge in [-0.2, -0.15) is 0 Å². The summed E-state index contributed by atoms with van der Waals surface area (Å²) in [6.45, 7) is 3.76. The summed E-state index contributed by atoms with van der Waals surface area (Å²) in [6, 6.07) is -0.151. The topological polar surface area (TPSA) is 67.5 Å². The van der Waals surface area contributed by atoms with Crippen molar-refractivity contribution in [2.24, 2.45) is 4.99 Å². The van der Waals surface area contributed by atoms with Crippen LogP contribution in [-0.2, 0) is 0 Å². The molecule has 1 N–H and O–H groups in total. The Hall–Kier alpha value is -1.30. The molecule has 2 aliphatic rings. The molecule has 0 saturated carbocycles. The fourth-order valence-electron chi connectivity index (χ4n) is 1.48. The number of nitro groups is 1. The summed E-state index contributed by atoms with van der Waals surface area (Å²) in [6.07, 6.45) is 1.59. The van der Waals surface area contributed by atoms with Crippen molar-refractivity contribution in [3.8, 4) is 0 Å². The summed E-state index contributed by atoms with van der Waals surface area (Å²) in [7, 11) is 0. The highest BCUT2D eigenvalue weighted by molar-refractivity contribution is 8.06. The van der Waals surface area contributed by atoms with Gasteiger partial charge in [-0.1, -0.05) is 0 Å². The molecule has 1 unspecified atom stereocenters. The Bertz CT molecular complexity index is 397. The first-order valence-corrected chi connectivity index (χ1v) is 4.96. The average Bonchev–Trinajstić information content (AvgIpc) is 2.47. The van der Waals surface area contributed by atoms with Crippen molar-refractivity contribution in [3.05, 3.63) is 31.8 Å². The molecule has 1 atom stereocenters. The van der Waals surface area contributed by atoms with E-state index >= 15 is 0 Å². The third-order valence-corrected chi connectivity index (χ3v) is 3.30. The molecule has 0 aromatic rings. The zero-order chi connectivity index (χ0) is 10.3. The molecule has 0 aromatic heterocycles. The SMILES string of the molecule is CC1=NC2C=C([N+](=O)[O-])SC2=C(C)N1. The van der Waals surface area contributed by atoms with Crippen LogP contribution in [0.3, 0.4) is 0 Å². The summed E-state index contributed by atoms with van der Waals surface area (Å²) in [5.41, 5.74) is 0.959. The van der Waals surface area contributed by atoms with E-state index in [-0.39, 0.29) is 16.0 Å². The molecule has 5 nitrogen and oxygen atoms in total. The molecule has 0 fully saturated rings. The minimum atomic E-state index is -0.367. The Morgan fingerprint density at radius 1 is 1.64 bits per heavy atom. The van der Waals surface area contributed by atoms with E-state index < -0.39 is 0 Å². The fourth-order valence-corrected chi connectivity index (χ4v) is 2.43. The average molecular weight is 211 g/mol. The summed E-state index contributed by atoms with van der Waals surface area (Å²) in [5.74, 6) is 0.803. The number of hydrogen-bond donors (Lipinski definition) is 1. The number of amidine groups is 1. The second kappa shape index (κ2) is 3.13. The normalized spacial score (nSPS) is 25.1. The van der Waals surface area contributed by atoms with Crippen molar-refractivity contribution in [3.63, 3.8) is 0 Å².